The molecule has 0 bridgehead atoms. The lowest BCUT2D eigenvalue weighted by atomic mass is 10.2. The van der Waals surface area contributed by atoms with Gasteiger partial charge in [-0.15, -0.1) is 0 Å². The van der Waals surface area contributed by atoms with Crippen LogP contribution in [0.15, 0.2) is 77.9 Å². The van der Waals surface area contributed by atoms with Crippen LogP contribution in [0.1, 0.15) is 21.5 Å². The Morgan fingerprint density at radius 1 is 0.909 bits per heavy atom. The van der Waals surface area contributed by atoms with Gasteiger partial charge in [-0.3, -0.25) is 9.59 Å². The predicted octanol–water partition coefficient (Wildman–Crippen LogP) is 3.16. The molecule has 2 amide bonds. The Hall–Kier alpha value is -4.33. The molecule has 0 atom stereocenters. The maximum Gasteiger partial charge on any atom is 0.259 e. The number of nitrogens with one attached hydrogen (secondary N) is 2. The Labute approximate surface area is 192 Å². The second-order valence-corrected chi connectivity index (χ2v) is 6.89. The van der Waals surface area contributed by atoms with Gasteiger partial charge in [-0.1, -0.05) is 30.3 Å². The van der Waals surface area contributed by atoms with Gasteiger partial charge in [-0.25, -0.2) is 5.43 Å². The molecule has 8 nitrogen and oxygen atoms in total. The molecule has 0 aromatic heterocycles. The van der Waals surface area contributed by atoms with Gasteiger partial charge in [-0.2, -0.15) is 5.10 Å². The van der Waals surface area contributed by atoms with Crippen LogP contribution in [0, 0.1) is 0 Å². The van der Waals surface area contributed by atoms with E-state index in [4.69, 9.17) is 14.2 Å². The molecule has 0 spiro atoms. The maximum atomic E-state index is 12.3. The lowest BCUT2D eigenvalue weighted by molar-refractivity contribution is -0.120. The summed E-state index contributed by atoms with van der Waals surface area (Å²) in [6.45, 7) is 0.260. The highest BCUT2D eigenvalue weighted by Crippen LogP contribution is 2.27. The number of nitrogens with zero attached hydrogens (tertiary/aromatic N) is 1. The summed E-state index contributed by atoms with van der Waals surface area (Å²) in [5.74, 6) is 0.801. The summed E-state index contributed by atoms with van der Waals surface area (Å²) >= 11 is 0. The van der Waals surface area contributed by atoms with E-state index in [0.29, 0.717) is 23.7 Å². The van der Waals surface area contributed by atoms with Crippen LogP contribution in [0.25, 0.3) is 0 Å². The predicted molar refractivity (Wildman–Crippen MR) is 125 cm³/mol. The van der Waals surface area contributed by atoms with Crippen molar-refractivity contribution in [1.82, 2.24) is 10.7 Å². The van der Waals surface area contributed by atoms with Crippen LogP contribution >= 0.6 is 0 Å². The molecule has 0 fully saturated rings. The number of carbonyl (C=O) groups excluding carboxylic acids is 2. The van der Waals surface area contributed by atoms with Crippen LogP contribution in [-0.4, -0.2) is 38.8 Å². The molecule has 0 aliphatic rings. The maximum absolute atomic E-state index is 12.3. The highest BCUT2D eigenvalue weighted by Gasteiger charge is 2.11. The van der Waals surface area contributed by atoms with Gasteiger partial charge in [0, 0.05) is 5.56 Å². The van der Waals surface area contributed by atoms with E-state index in [1.807, 2.05) is 54.6 Å². The van der Waals surface area contributed by atoms with Crippen molar-refractivity contribution in [3.05, 3.63) is 89.5 Å². The summed E-state index contributed by atoms with van der Waals surface area (Å²) < 4.78 is 16.1. The third-order valence-corrected chi connectivity index (χ3v) is 4.59. The number of rotatable bonds is 10. The Bertz CT molecular complexity index is 1100. The third-order valence-electron chi connectivity index (χ3n) is 4.59. The lowest BCUT2D eigenvalue weighted by Crippen LogP contribution is -2.34. The van der Waals surface area contributed by atoms with E-state index in [-0.39, 0.29) is 6.54 Å². The summed E-state index contributed by atoms with van der Waals surface area (Å²) in [5.41, 5.74) is 4.60. The fourth-order valence-electron chi connectivity index (χ4n) is 2.85. The van der Waals surface area contributed by atoms with Crippen molar-refractivity contribution in [2.45, 2.75) is 6.61 Å². The van der Waals surface area contributed by atoms with Crippen molar-refractivity contribution in [2.75, 3.05) is 20.8 Å². The molecule has 3 rings (SSSR count). The van der Waals surface area contributed by atoms with Gasteiger partial charge in [0.1, 0.15) is 12.4 Å². The largest absolute Gasteiger partial charge is 0.493 e. The molecule has 170 valence electrons. The normalized spacial score (nSPS) is 10.5. The fourth-order valence-corrected chi connectivity index (χ4v) is 2.85. The Balaban J connectivity index is 1.42. The summed E-state index contributed by atoms with van der Waals surface area (Å²) in [4.78, 5) is 24.2. The Kier molecular flexibility index (Phi) is 8.41. The summed E-state index contributed by atoms with van der Waals surface area (Å²) in [7, 11) is 2.99. The molecule has 0 saturated carbocycles. The molecule has 0 unspecified atom stereocenters. The van der Waals surface area contributed by atoms with Gasteiger partial charge >= 0.3 is 0 Å². The van der Waals surface area contributed by atoms with Gasteiger partial charge in [0.25, 0.3) is 11.8 Å². The lowest BCUT2D eigenvalue weighted by Gasteiger charge is -2.09. The van der Waals surface area contributed by atoms with Gasteiger partial charge in [0.05, 0.1) is 27.0 Å². The SMILES string of the molecule is COc1ccc(C(=O)NCC(=O)N/N=C/c2ccc(OCc3ccccc3)cc2)cc1OC. The van der Waals surface area contributed by atoms with Crippen molar-refractivity contribution >= 4 is 18.0 Å². The van der Waals surface area contributed by atoms with Crippen molar-refractivity contribution in [3.63, 3.8) is 0 Å². The molecule has 33 heavy (non-hydrogen) atoms. The van der Waals surface area contributed by atoms with Crippen LogP contribution in [0.2, 0.25) is 0 Å². The zero-order valence-corrected chi connectivity index (χ0v) is 18.4. The van der Waals surface area contributed by atoms with E-state index in [2.05, 4.69) is 15.8 Å². The first kappa shape index (κ1) is 23.3. The van der Waals surface area contributed by atoms with Crippen LogP contribution in [-0.2, 0) is 11.4 Å². The van der Waals surface area contributed by atoms with E-state index in [1.165, 1.54) is 26.5 Å². The molecule has 0 heterocycles. The first-order valence-electron chi connectivity index (χ1n) is 10.2. The average molecular weight is 447 g/mol. The molecule has 8 heteroatoms. The summed E-state index contributed by atoms with van der Waals surface area (Å²) in [6, 6.07) is 22.0. The highest BCUT2D eigenvalue weighted by molar-refractivity contribution is 5.97. The molecule has 0 radical (unpaired) electrons. The van der Waals surface area contributed by atoms with Gasteiger partial charge in [0.15, 0.2) is 11.5 Å². The number of hydrogen-bond donors (Lipinski definition) is 2. The van der Waals surface area contributed by atoms with E-state index in [0.717, 1.165) is 16.9 Å². The van der Waals surface area contributed by atoms with Crippen LogP contribution in [0.4, 0.5) is 0 Å². The Morgan fingerprint density at radius 3 is 2.33 bits per heavy atom. The number of hydrazone groups is 1. The molecule has 2 N–H and O–H groups in total. The number of hydrogen-bond acceptors (Lipinski definition) is 6. The van der Waals surface area contributed by atoms with Crippen LogP contribution in [0.3, 0.4) is 0 Å². The molecule has 0 saturated heterocycles. The molecule has 0 aliphatic heterocycles. The molecule has 3 aromatic rings. The third kappa shape index (κ3) is 7.10. The van der Waals surface area contributed by atoms with Crippen molar-refractivity contribution in [2.24, 2.45) is 5.10 Å². The number of benzene rings is 3. The standard InChI is InChI=1S/C25H25N3O5/c1-31-22-13-10-20(14-23(22)32-2)25(30)26-16-24(29)28-27-15-18-8-11-21(12-9-18)33-17-19-6-4-3-5-7-19/h3-15H,16-17H2,1-2H3,(H,26,30)(H,28,29)/b27-15+. The summed E-state index contributed by atoms with van der Waals surface area (Å²) in [5, 5.41) is 6.45. The highest BCUT2D eigenvalue weighted by atomic mass is 16.5. The molecular weight excluding hydrogens is 422 g/mol. The zero-order valence-electron chi connectivity index (χ0n) is 18.4. The van der Waals surface area contributed by atoms with Gasteiger partial charge in [0.2, 0.25) is 0 Å². The molecular formula is C25H25N3O5. The zero-order chi connectivity index (χ0) is 23.5. The van der Waals surface area contributed by atoms with Crippen molar-refractivity contribution < 1.29 is 23.8 Å². The fraction of sp³-hybridized carbons (Fsp3) is 0.160. The monoisotopic (exact) mass is 447 g/mol. The van der Waals surface area contributed by atoms with E-state index >= 15 is 0 Å². The second-order valence-electron chi connectivity index (χ2n) is 6.89. The number of methoxy groups -OCH3 is 2. The van der Waals surface area contributed by atoms with Gasteiger partial charge < -0.3 is 19.5 Å². The van der Waals surface area contributed by atoms with Crippen LogP contribution in [0.5, 0.6) is 17.2 Å². The second kappa shape index (κ2) is 11.9. The quantitative estimate of drug-likeness (QED) is 0.368. The minimum absolute atomic E-state index is 0.225. The summed E-state index contributed by atoms with van der Waals surface area (Å²) in [6.07, 6.45) is 1.51. The first-order valence-corrected chi connectivity index (χ1v) is 10.2. The topological polar surface area (TPSA) is 98.2 Å². The van der Waals surface area contributed by atoms with E-state index < -0.39 is 11.8 Å². The number of amides is 2. The molecule has 0 aliphatic carbocycles. The van der Waals surface area contributed by atoms with Crippen molar-refractivity contribution in [3.8, 4) is 17.2 Å². The van der Waals surface area contributed by atoms with E-state index in [9.17, 15) is 9.59 Å². The number of ether oxygens (including phenoxy) is 3. The average Bonchev–Trinajstić information content (AvgIpc) is 2.87. The molecule has 3 aromatic carbocycles. The van der Waals surface area contributed by atoms with Gasteiger partial charge in [-0.05, 0) is 53.6 Å². The Morgan fingerprint density at radius 2 is 1.64 bits per heavy atom. The first-order chi connectivity index (χ1) is 16.1. The van der Waals surface area contributed by atoms with Crippen LogP contribution < -0.4 is 25.0 Å². The number of carbonyl (C=O) groups is 2. The minimum Gasteiger partial charge on any atom is -0.493 e. The van der Waals surface area contributed by atoms with E-state index in [1.54, 1.807) is 12.1 Å². The smallest absolute Gasteiger partial charge is 0.259 e. The minimum atomic E-state index is -0.456. The van der Waals surface area contributed by atoms with Crippen molar-refractivity contribution in [1.29, 1.82) is 0 Å².